The molecule has 78 heavy (non-hydrogen) atoms. The zero-order chi connectivity index (χ0) is 59.6. The minimum Gasteiger partial charge on any atom is -0.201 e. The predicted octanol–water partition coefficient (Wildman–Crippen LogP) is 15.3. The van der Waals surface area contributed by atoms with Gasteiger partial charge in [0.1, 0.15) is 6.15 Å². The van der Waals surface area contributed by atoms with Crippen molar-refractivity contribution in [3.63, 3.8) is 0 Å². The first kappa shape index (κ1) is 62.1. The third-order valence-corrected chi connectivity index (χ3v) is 11.2. The van der Waals surface area contributed by atoms with Crippen LogP contribution in [0.5, 0.6) is 0 Å². The summed E-state index contributed by atoms with van der Waals surface area (Å²) in [5.74, 6) is 0. The van der Waals surface area contributed by atoms with E-state index in [4.69, 9.17) is 0 Å². The Morgan fingerprint density at radius 1 is 0.231 bits per heavy atom. The molecule has 6 aromatic rings. The number of benzene rings is 5. The van der Waals surface area contributed by atoms with Crippen LogP contribution in [-0.2, 0) is 68.3 Å². The van der Waals surface area contributed by atoms with Crippen LogP contribution in [0.15, 0.2) is 122 Å². The molecule has 0 bridgehead atoms. The van der Waals surface area contributed by atoms with Gasteiger partial charge in [0.15, 0.2) is 18.9 Å². The molecule has 0 aliphatic heterocycles. The fourth-order valence-corrected chi connectivity index (χ4v) is 7.93. The second-order valence-electron chi connectivity index (χ2n) is 16.7. The molecule has 1 aromatic heterocycles. The van der Waals surface area contributed by atoms with Crippen LogP contribution in [0.3, 0.4) is 0 Å². The van der Waals surface area contributed by atoms with Crippen molar-refractivity contribution in [3.8, 4) is 0 Å². The second kappa shape index (κ2) is 20.5. The molecule has 5 aromatic carbocycles. The number of pyridine rings is 1. The fourth-order valence-electron chi connectivity index (χ4n) is 7.93. The third kappa shape index (κ3) is 14.5. The largest absolute Gasteiger partial charge is 0.416 e. The number of halogens is 30. The number of rotatable bonds is 6. The van der Waals surface area contributed by atoms with Crippen molar-refractivity contribution in [2.75, 3.05) is 0 Å². The van der Waals surface area contributed by atoms with Crippen LogP contribution in [0, 0.1) is 0 Å². The van der Waals surface area contributed by atoms with Crippen molar-refractivity contribution < 1.29 is 136 Å². The van der Waals surface area contributed by atoms with Gasteiger partial charge in [-0.15, -0.1) is 0 Å². The molecular weight excluding hydrogens is 1150 g/mol. The zero-order valence-electron chi connectivity index (χ0n) is 37.1. The van der Waals surface area contributed by atoms with Gasteiger partial charge in [-0.3, -0.25) is 0 Å². The smallest absolute Gasteiger partial charge is 0.201 e. The van der Waals surface area contributed by atoms with E-state index in [0.717, 1.165) is 12.1 Å². The molecule has 0 saturated heterocycles. The molecule has 0 atom stereocenters. The minimum absolute atomic E-state index is 0.0617. The average molecular weight is 1170 g/mol. The van der Waals surface area contributed by atoms with Crippen LogP contribution in [0.4, 0.5) is 132 Å². The normalized spacial score (nSPS) is 13.8. The summed E-state index contributed by atoms with van der Waals surface area (Å²) in [5.41, 5.74) is -32.9. The Balaban J connectivity index is 0.000000443. The Morgan fingerprint density at radius 3 is 0.564 bits per heavy atom. The van der Waals surface area contributed by atoms with Crippen molar-refractivity contribution in [1.29, 1.82) is 0 Å². The molecular formula is C46H22BF30N. The van der Waals surface area contributed by atoms with Gasteiger partial charge in [-0.1, -0.05) is 54.6 Å². The topological polar surface area (TPSA) is 3.88 Å². The van der Waals surface area contributed by atoms with Crippen LogP contribution in [0.1, 0.15) is 61.2 Å². The number of hydrogen-bond acceptors (Lipinski definition) is 0. The number of hydrogen-bond donors (Lipinski definition) is 0. The van der Waals surface area contributed by atoms with Gasteiger partial charge in [0, 0.05) is 17.7 Å². The molecule has 424 valence electrons. The van der Waals surface area contributed by atoms with Gasteiger partial charge in [0.05, 0.1) is 55.6 Å². The molecule has 0 aliphatic carbocycles. The van der Waals surface area contributed by atoms with Gasteiger partial charge in [0.2, 0.25) is 0 Å². The van der Waals surface area contributed by atoms with Crippen molar-refractivity contribution >= 4 is 28.0 Å². The Morgan fingerprint density at radius 2 is 0.397 bits per heavy atom. The van der Waals surface area contributed by atoms with Gasteiger partial charge >= 0.3 is 61.8 Å². The number of aromatic nitrogens is 1. The Labute approximate surface area is 415 Å². The summed E-state index contributed by atoms with van der Waals surface area (Å²) in [6.45, 7) is -0.0756. The van der Waals surface area contributed by atoms with Crippen molar-refractivity contribution in [3.05, 3.63) is 183 Å². The summed E-state index contributed by atoms with van der Waals surface area (Å²) in [4.78, 5) is 0. The lowest BCUT2D eigenvalue weighted by Gasteiger charge is -2.46. The van der Waals surface area contributed by atoms with E-state index in [1.807, 2.05) is 0 Å². The molecule has 0 radical (unpaired) electrons. The van der Waals surface area contributed by atoms with Gasteiger partial charge in [-0.25, -0.2) is 4.57 Å². The van der Waals surface area contributed by atoms with Crippen LogP contribution in [-0.4, -0.2) is 6.15 Å². The maximum Gasteiger partial charge on any atom is 0.416 e. The van der Waals surface area contributed by atoms with Crippen LogP contribution >= 0.6 is 0 Å². The average Bonchev–Trinajstić information content (AvgIpc) is 3.26. The molecule has 6 rings (SSSR count). The standard InChI is InChI=1S/C32H12BF24.C14H10F6N/c34-25(35,36)13-1-14(26(37,38)39)6-21(5-13)33(22-7-15(27(40,41)42)2-16(8-22)28(43,44)45,23-9-17(29(46,47)48)3-18(10-23)30(49,50)51)24-11-19(31(52,53)54)4-20(12-24)32(55,56)57;15-13(16,17)11-6-10(7-12(8-11)14(18,19)20)9-21-4-2-1-3-5-21/h1-12H;1-8H,9H2/q-1;+1. The zero-order valence-corrected chi connectivity index (χ0v) is 37.1. The maximum absolute atomic E-state index is 14.2. The quantitative estimate of drug-likeness (QED) is 0.0889. The van der Waals surface area contributed by atoms with E-state index < -0.39 is 218 Å². The highest BCUT2D eigenvalue weighted by Gasteiger charge is 2.47. The molecule has 0 saturated carbocycles. The van der Waals surface area contributed by atoms with Crippen molar-refractivity contribution in [2.45, 2.75) is 68.3 Å². The monoisotopic (exact) mass is 1170 g/mol. The summed E-state index contributed by atoms with van der Waals surface area (Å²) < 4.78 is 419. The van der Waals surface area contributed by atoms with E-state index in [0.29, 0.717) is 0 Å². The first-order valence-electron chi connectivity index (χ1n) is 20.5. The van der Waals surface area contributed by atoms with E-state index >= 15 is 0 Å². The molecule has 0 fully saturated rings. The lowest BCUT2D eigenvalue weighted by molar-refractivity contribution is -0.688. The summed E-state index contributed by atoms with van der Waals surface area (Å²) in [7, 11) is 0. The molecule has 32 heteroatoms. The van der Waals surface area contributed by atoms with E-state index in [1.165, 1.54) is 4.57 Å². The van der Waals surface area contributed by atoms with Gasteiger partial charge in [-0.05, 0) is 42.5 Å². The first-order chi connectivity index (χ1) is 34.9. The highest BCUT2D eigenvalue weighted by Crippen LogP contribution is 2.42. The second-order valence-corrected chi connectivity index (χ2v) is 16.7. The van der Waals surface area contributed by atoms with Gasteiger partial charge in [-0.2, -0.15) is 154 Å². The molecule has 1 heterocycles. The first-order valence-corrected chi connectivity index (χ1v) is 20.5. The summed E-state index contributed by atoms with van der Waals surface area (Å²) in [5, 5.41) is 0. The lowest BCUT2D eigenvalue weighted by Crippen LogP contribution is -2.75. The molecule has 1 nitrogen and oxygen atoms in total. The van der Waals surface area contributed by atoms with E-state index in [2.05, 4.69) is 0 Å². The predicted molar refractivity (Wildman–Crippen MR) is 212 cm³/mol. The SMILES string of the molecule is FC(F)(F)c1cc(C[n+]2ccccc2)cc(C(F)(F)F)c1.FC(F)(F)c1cc([B-](c2cc(C(F)(F)F)cc(C(F)(F)F)c2)(c2cc(C(F)(F)F)cc(C(F)(F)F)c2)c2cc(C(F)(F)F)cc(C(F)(F)F)c2)cc(C(F)(F)F)c1. The number of nitrogens with zero attached hydrogens (tertiary/aromatic N) is 1. The summed E-state index contributed by atoms with van der Waals surface area (Å²) in [6, 6.07) is -2.25. The molecule has 0 spiro atoms. The maximum atomic E-state index is 14.2. The Kier molecular flexibility index (Phi) is 16.3. The summed E-state index contributed by atoms with van der Waals surface area (Å²) >= 11 is 0. The Bertz CT molecular complexity index is 2640. The molecule has 0 unspecified atom stereocenters. The summed E-state index contributed by atoms with van der Waals surface area (Å²) in [6.07, 6.45) is -61.3. The lowest BCUT2D eigenvalue weighted by atomic mass is 9.12. The van der Waals surface area contributed by atoms with E-state index in [-0.39, 0.29) is 18.2 Å². The van der Waals surface area contributed by atoms with E-state index in [1.54, 1.807) is 30.6 Å². The number of alkyl halides is 30. The van der Waals surface area contributed by atoms with Crippen molar-refractivity contribution in [2.24, 2.45) is 0 Å². The van der Waals surface area contributed by atoms with Gasteiger partial charge < -0.3 is 0 Å². The van der Waals surface area contributed by atoms with Crippen LogP contribution < -0.4 is 26.4 Å². The van der Waals surface area contributed by atoms with Crippen LogP contribution in [0.25, 0.3) is 0 Å². The fraction of sp³-hybridized carbons (Fsp3) is 0.239. The van der Waals surface area contributed by atoms with Crippen molar-refractivity contribution in [1.82, 2.24) is 0 Å². The van der Waals surface area contributed by atoms with Crippen LogP contribution in [0.2, 0.25) is 0 Å². The Hall–Kier alpha value is -6.79. The van der Waals surface area contributed by atoms with Gasteiger partial charge in [0.25, 0.3) is 0 Å². The highest BCUT2D eigenvalue weighted by atomic mass is 19.4. The third-order valence-electron chi connectivity index (χ3n) is 11.2. The molecule has 0 aliphatic rings. The highest BCUT2D eigenvalue weighted by molar-refractivity contribution is 7.20. The molecule has 0 amide bonds. The van der Waals surface area contributed by atoms with E-state index in [9.17, 15) is 132 Å². The molecule has 0 N–H and O–H groups in total. The minimum atomic E-state index is -6.13.